The maximum Gasteiger partial charge on any atom is 0.328 e. The number of aryl methyl sites for hydroxylation is 1. The average Bonchev–Trinajstić information content (AvgIpc) is 3.06. The van der Waals surface area contributed by atoms with Gasteiger partial charge in [-0.25, -0.2) is 9.59 Å². The number of rotatable bonds is 4. The Balaban J connectivity index is 0.000000224. The summed E-state index contributed by atoms with van der Waals surface area (Å²) in [6, 6.07) is 9.22. The highest BCUT2D eigenvalue weighted by molar-refractivity contribution is 5.89. The molecule has 1 aliphatic carbocycles. The molecule has 126 valence electrons. The van der Waals surface area contributed by atoms with Crippen molar-refractivity contribution in [3.05, 3.63) is 53.1 Å². The van der Waals surface area contributed by atoms with Gasteiger partial charge in [-0.15, -0.1) is 0 Å². The van der Waals surface area contributed by atoms with Crippen molar-refractivity contribution in [2.75, 3.05) is 6.54 Å². The van der Waals surface area contributed by atoms with Crippen molar-refractivity contribution in [3.8, 4) is 0 Å². The number of carbonyl (C=O) groups is 2. The second-order valence-corrected chi connectivity index (χ2v) is 5.57. The lowest BCUT2D eigenvalue weighted by Gasteiger charge is -2.18. The van der Waals surface area contributed by atoms with Crippen molar-refractivity contribution in [3.63, 3.8) is 0 Å². The van der Waals surface area contributed by atoms with E-state index in [0.29, 0.717) is 18.2 Å². The van der Waals surface area contributed by atoms with Gasteiger partial charge >= 0.3 is 11.9 Å². The number of carboxylic acid groups (broad SMARTS) is 2. The fourth-order valence-electron chi connectivity index (χ4n) is 2.62. The third-order valence-corrected chi connectivity index (χ3v) is 3.73. The Morgan fingerprint density at radius 1 is 1.17 bits per heavy atom. The van der Waals surface area contributed by atoms with E-state index in [2.05, 4.69) is 40.7 Å². The molecule has 0 spiro atoms. The molecule has 1 unspecified atom stereocenters. The molecule has 6 nitrogen and oxygen atoms in total. The Morgan fingerprint density at radius 3 is 2.50 bits per heavy atom. The zero-order valence-corrected chi connectivity index (χ0v) is 13.2. The van der Waals surface area contributed by atoms with E-state index in [-0.39, 0.29) is 0 Å². The van der Waals surface area contributed by atoms with Crippen LogP contribution in [0.15, 0.2) is 47.0 Å². The second kappa shape index (κ2) is 8.67. The van der Waals surface area contributed by atoms with Gasteiger partial charge in [0.25, 0.3) is 0 Å². The molecule has 0 amide bonds. The van der Waals surface area contributed by atoms with E-state index in [1.807, 2.05) is 6.34 Å². The van der Waals surface area contributed by atoms with Crippen LogP contribution in [0.25, 0.3) is 6.08 Å². The standard InChI is InChI=1S/C14H16N2.C4H4O4/c1-2-4-13-7-11(5-6-12(13)3-1)8-14-9-15-10-16-14;5-3(6)1-2-4(7)8/h1-4,7,10,14H,5-6,8-9H2,(H,15,16);1-2H,(H,5,6)(H,7,8). The summed E-state index contributed by atoms with van der Waals surface area (Å²) in [5.74, 6) is -2.51. The van der Waals surface area contributed by atoms with Gasteiger partial charge in [0.05, 0.1) is 18.9 Å². The number of aliphatic imine (C=N–C) groups is 1. The number of fused-ring (bicyclic) bond motifs is 1. The van der Waals surface area contributed by atoms with Crippen LogP contribution in [-0.2, 0) is 16.0 Å². The van der Waals surface area contributed by atoms with Gasteiger partial charge in [0.2, 0.25) is 0 Å². The highest BCUT2D eigenvalue weighted by Crippen LogP contribution is 2.26. The molecule has 24 heavy (non-hydrogen) atoms. The van der Waals surface area contributed by atoms with Crippen LogP contribution in [0.4, 0.5) is 0 Å². The van der Waals surface area contributed by atoms with Gasteiger partial charge < -0.3 is 15.5 Å². The predicted octanol–water partition coefficient (Wildman–Crippen LogP) is 2.12. The van der Waals surface area contributed by atoms with Crippen LogP contribution in [0.1, 0.15) is 24.0 Å². The smallest absolute Gasteiger partial charge is 0.328 e. The van der Waals surface area contributed by atoms with Gasteiger partial charge in [0, 0.05) is 12.2 Å². The van der Waals surface area contributed by atoms with Gasteiger partial charge in [0.15, 0.2) is 0 Å². The van der Waals surface area contributed by atoms with Crippen molar-refractivity contribution in [2.45, 2.75) is 25.3 Å². The fraction of sp³-hybridized carbons (Fsp3) is 0.278. The van der Waals surface area contributed by atoms with E-state index in [1.165, 1.54) is 24.0 Å². The molecule has 3 N–H and O–H groups in total. The van der Waals surface area contributed by atoms with Crippen LogP contribution < -0.4 is 5.32 Å². The Hall–Kier alpha value is -2.89. The van der Waals surface area contributed by atoms with E-state index in [4.69, 9.17) is 10.2 Å². The first-order valence-electron chi connectivity index (χ1n) is 7.70. The first-order chi connectivity index (χ1) is 11.5. The van der Waals surface area contributed by atoms with Gasteiger partial charge in [-0.1, -0.05) is 35.9 Å². The zero-order valence-electron chi connectivity index (χ0n) is 13.2. The minimum atomic E-state index is -1.26. The predicted molar refractivity (Wildman–Crippen MR) is 92.1 cm³/mol. The molecule has 0 saturated carbocycles. The molecule has 1 aromatic carbocycles. The third kappa shape index (κ3) is 5.72. The van der Waals surface area contributed by atoms with Gasteiger partial charge in [-0.3, -0.25) is 4.99 Å². The number of hydrogen-bond acceptors (Lipinski definition) is 4. The summed E-state index contributed by atoms with van der Waals surface area (Å²) in [7, 11) is 0. The maximum absolute atomic E-state index is 9.55. The highest BCUT2D eigenvalue weighted by Gasteiger charge is 2.15. The van der Waals surface area contributed by atoms with E-state index in [1.54, 1.807) is 5.57 Å². The van der Waals surface area contributed by atoms with E-state index >= 15 is 0 Å². The molecule has 0 fully saturated rings. The molecule has 1 aliphatic heterocycles. The van der Waals surface area contributed by atoms with Gasteiger partial charge in [-0.2, -0.15) is 0 Å². The van der Waals surface area contributed by atoms with Crippen LogP contribution in [0, 0.1) is 0 Å². The van der Waals surface area contributed by atoms with Crippen molar-refractivity contribution >= 4 is 24.4 Å². The number of carboxylic acids is 2. The highest BCUT2D eigenvalue weighted by atomic mass is 16.4. The second-order valence-electron chi connectivity index (χ2n) is 5.57. The van der Waals surface area contributed by atoms with Gasteiger partial charge in [-0.05, 0) is 30.4 Å². The number of nitrogens with one attached hydrogen (secondary N) is 1. The SMILES string of the molecule is C1=NCC(CC2=Cc3ccccc3CC2)N1.O=C(O)C=CC(=O)O. The average molecular weight is 328 g/mol. The fourth-order valence-corrected chi connectivity index (χ4v) is 2.62. The molecule has 0 aromatic heterocycles. The van der Waals surface area contributed by atoms with E-state index < -0.39 is 11.9 Å². The Labute approximate surface area is 140 Å². The largest absolute Gasteiger partial charge is 0.478 e. The molecule has 6 heteroatoms. The maximum atomic E-state index is 9.55. The van der Waals surface area contributed by atoms with Crippen LogP contribution in [0.3, 0.4) is 0 Å². The summed E-state index contributed by atoms with van der Waals surface area (Å²) in [4.78, 5) is 23.3. The Morgan fingerprint density at radius 2 is 1.88 bits per heavy atom. The van der Waals surface area contributed by atoms with Crippen molar-refractivity contribution < 1.29 is 19.8 Å². The molecule has 0 radical (unpaired) electrons. The minimum absolute atomic E-state index is 0.525. The summed E-state index contributed by atoms with van der Waals surface area (Å²) in [5, 5.41) is 18.9. The molecule has 3 rings (SSSR count). The monoisotopic (exact) mass is 328 g/mol. The molecule has 2 aliphatic rings. The topological polar surface area (TPSA) is 99.0 Å². The summed E-state index contributed by atoms with van der Waals surface area (Å²) in [6.45, 7) is 0.930. The summed E-state index contributed by atoms with van der Waals surface area (Å²) in [6.07, 6.45) is 8.84. The Kier molecular flexibility index (Phi) is 6.31. The summed E-state index contributed by atoms with van der Waals surface area (Å²) < 4.78 is 0. The molecule has 1 atom stereocenters. The first-order valence-corrected chi connectivity index (χ1v) is 7.70. The minimum Gasteiger partial charge on any atom is -0.478 e. The Bertz CT molecular complexity index is 668. The summed E-state index contributed by atoms with van der Waals surface area (Å²) in [5.41, 5.74) is 4.45. The molecule has 0 saturated heterocycles. The number of hydrogen-bond donors (Lipinski definition) is 3. The van der Waals surface area contributed by atoms with Crippen molar-refractivity contribution in [1.82, 2.24) is 5.32 Å². The van der Waals surface area contributed by atoms with Crippen LogP contribution in [-0.4, -0.2) is 41.1 Å². The lowest BCUT2D eigenvalue weighted by Crippen LogP contribution is -2.25. The number of nitrogens with zero attached hydrogens (tertiary/aromatic N) is 1. The lowest BCUT2D eigenvalue weighted by atomic mass is 9.89. The molecule has 1 heterocycles. The summed E-state index contributed by atoms with van der Waals surface area (Å²) >= 11 is 0. The quantitative estimate of drug-likeness (QED) is 0.735. The van der Waals surface area contributed by atoms with Crippen molar-refractivity contribution in [1.29, 1.82) is 0 Å². The van der Waals surface area contributed by atoms with Gasteiger partial charge in [0.1, 0.15) is 0 Å². The van der Waals surface area contributed by atoms with Crippen LogP contribution in [0.2, 0.25) is 0 Å². The van der Waals surface area contributed by atoms with Crippen molar-refractivity contribution in [2.24, 2.45) is 4.99 Å². The molecular formula is C18H20N2O4. The van der Waals surface area contributed by atoms with E-state index in [0.717, 1.165) is 13.0 Å². The molecular weight excluding hydrogens is 308 g/mol. The first kappa shape index (κ1) is 17.5. The van der Waals surface area contributed by atoms with Crippen LogP contribution >= 0.6 is 0 Å². The molecule has 1 aromatic rings. The van der Waals surface area contributed by atoms with E-state index in [9.17, 15) is 9.59 Å². The number of benzene rings is 1. The third-order valence-electron chi connectivity index (χ3n) is 3.73. The zero-order chi connectivity index (χ0) is 17.4. The normalized spacial score (nSPS) is 18.2. The number of aliphatic carboxylic acids is 2. The lowest BCUT2D eigenvalue weighted by molar-refractivity contribution is -0.134. The molecule has 0 bridgehead atoms. The van der Waals surface area contributed by atoms with Crippen LogP contribution in [0.5, 0.6) is 0 Å².